The van der Waals surface area contributed by atoms with Gasteiger partial charge in [-0.25, -0.2) is 4.39 Å². The van der Waals surface area contributed by atoms with Gasteiger partial charge in [0.25, 0.3) is 0 Å². The van der Waals surface area contributed by atoms with Gasteiger partial charge >= 0.3 is 0 Å². The van der Waals surface area contributed by atoms with Crippen LogP contribution in [0, 0.1) is 11.7 Å². The maximum absolute atomic E-state index is 12.9. The Hall–Kier alpha value is -1.38. The summed E-state index contributed by atoms with van der Waals surface area (Å²) in [5, 5.41) is 0. The van der Waals surface area contributed by atoms with E-state index in [2.05, 4.69) is 6.92 Å². The Labute approximate surface area is 121 Å². The van der Waals surface area contributed by atoms with Crippen molar-refractivity contribution in [3.63, 3.8) is 0 Å². The van der Waals surface area contributed by atoms with E-state index in [9.17, 15) is 9.18 Å². The number of hydrogen-bond acceptors (Lipinski definition) is 1. The third-order valence-corrected chi connectivity index (χ3v) is 4.08. The van der Waals surface area contributed by atoms with E-state index in [1.54, 1.807) is 12.1 Å². The molecule has 1 amide bonds. The lowest BCUT2D eigenvalue weighted by Crippen LogP contribution is -2.39. The fourth-order valence-electron chi connectivity index (χ4n) is 2.54. The number of nitrogens with zero attached hydrogens (tertiary/aromatic N) is 1. The summed E-state index contributed by atoms with van der Waals surface area (Å²) >= 11 is 0. The van der Waals surface area contributed by atoms with Gasteiger partial charge in [-0.1, -0.05) is 38.3 Å². The average molecular weight is 277 g/mol. The van der Waals surface area contributed by atoms with Crippen LogP contribution in [0.25, 0.3) is 0 Å². The first-order valence-corrected chi connectivity index (χ1v) is 7.74. The maximum atomic E-state index is 12.9. The normalized spacial score (nSPS) is 14.9. The van der Waals surface area contributed by atoms with Crippen LogP contribution in [0.2, 0.25) is 0 Å². The third-order valence-electron chi connectivity index (χ3n) is 4.08. The molecule has 2 nitrogen and oxygen atoms in total. The van der Waals surface area contributed by atoms with Crippen LogP contribution in [0.15, 0.2) is 24.3 Å². The molecule has 1 aliphatic rings. The van der Waals surface area contributed by atoms with E-state index in [0.29, 0.717) is 6.54 Å². The lowest BCUT2D eigenvalue weighted by molar-refractivity contribution is -0.138. The number of amides is 1. The largest absolute Gasteiger partial charge is 0.338 e. The highest BCUT2D eigenvalue weighted by molar-refractivity contribution is 5.79. The standard InChI is InChI=1S/C17H24FNO/c1-2-3-4-12-19(17(20)15-6-5-7-15)13-14-8-10-16(18)11-9-14/h8-11,15H,2-7,12-13H2,1H3. The van der Waals surface area contributed by atoms with Crippen LogP contribution in [0.3, 0.4) is 0 Å². The van der Waals surface area contributed by atoms with Gasteiger partial charge in [-0.05, 0) is 37.0 Å². The second kappa shape index (κ2) is 7.41. The SMILES string of the molecule is CCCCCN(Cc1ccc(F)cc1)C(=O)C1CCC1. The van der Waals surface area contributed by atoms with Gasteiger partial charge in [-0.15, -0.1) is 0 Å². The zero-order valence-corrected chi connectivity index (χ0v) is 12.3. The molecule has 1 aliphatic carbocycles. The van der Waals surface area contributed by atoms with Crippen molar-refractivity contribution in [2.24, 2.45) is 5.92 Å². The maximum Gasteiger partial charge on any atom is 0.225 e. The van der Waals surface area contributed by atoms with Crippen LogP contribution in [0.5, 0.6) is 0 Å². The van der Waals surface area contributed by atoms with E-state index in [1.807, 2.05) is 4.90 Å². The summed E-state index contributed by atoms with van der Waals surface area (Å²) in [4.78, 5) is 14.4. The molecule has 0 spiro atoms. The van der Waals surface area contributed by atoms with Crippen LogP contribution in [-0.2, 0) is 11.3 Å². The number of carbonyl (C=O) groups excluding carboxylic acids is 1. The molecule has 1 saturated carbocycles. The first-order chi connectivity index (χ1) is 9.70. The van der Waals surface area contributed by atoms with Crippen LogP contribution in [0.1, 0.15) is 51.0 Å². The fourth-order valence-corrected chi connectivity index (χ4v) is 2.54. The molecule has 0 bridgehead atoms. The van der Waals surface area contributed by atoms with Crippen molar-refractivity contribution in [2.45, 2.75) is 52.0 Å². The number of benzene rings is 1. The predicted octanol–water partition coefficient (Wildman–Crippen LogP) is 4.14. The molecule has 0 unspecified atom stereocenters. The van der Waals surface area contributed by atoms with Crippen LogP contribution >= 0.6 is 0 Å². The molecular formula is C17H24FNO. The van der Waals surface area contributed by atoms with Crippen LogP contribution in [-0.4, -0.2) is 17.4 Å². The molecule has 2 rings (SSSR count). The summed E-state index contributed by atoms with van der Waals surface area (Å²) in [6.45, 7) is 3.60. The van der Waals surface area contributed by atoms with Crippen LogP contribution < -0.4 is 0 Å². The molecule has 1 aromatic rings. The number of carbonyl (C=O) groups is 1. The van der Waals surface area contributed by atoms with Crippen molar-refractivity contribution in [1.29, 1.82) is 0 Å². The quantitative estimate of drug-likeness (QED) is 0.686. The summed E-state index contributed by atoms with van der Waals surface area (Å²) in [5.41, 5.74) is 1.01. The Morgan fingerprint density at radius 2 is 1.95 bits per heavy atom. The molecule has 0 aliphatic heterocycles. The Balaban J connectivity index is 1.97. The van der Waals surface area contributed by atoms with E-state index in [0.717, 1.165) is 44.2 Å². The van der Waals surface area contributed by atoms with Crippen LogP contribution in [0.4, 0.5) is 4.39 Å². The molecule has 0 N–H and O–H groups in total. The highest BCUT2D eigenvalue weighted by Crippen LogP contribution is 2.29. The Morgan fingerprint density at radius 1 is 1.25 bits per heavy atom. The van der Waals surface area contributed by atoms with E-state index in [4.69, 9.17) is 0 Å². The number of rotatable bonds is 7. The van der Waals surface area contributed by atoms with Gasteiger partial charge in [0.1, 0.15) is 5.82 Å². The molecule has 110 valence electrons. The summed E-state index contributed by atoms with van der Waals surface area (Å²) < 4.78 is 12.9. The van der Waals surface area contributed by atoms with Gasteiger partial charge in [0.05, 0.1) is 0 Å². The van der Waals surface area contributed by atoms with Gasteiger partial charge in [-0.2, -0.15) is 0 Å². The topological polar surface area (TPSA) is 20.3 Å². The van der Waals surface area contributed by atoms with Crippen molar-refractivity contribution in [1.82, 2.24) is 4.90 Å². The smallest absolute Gasteiger partial charge is 0.225 e. The van der Waals surface area contributed by atoms with Gasteiger partial charge < -0.3 is 4.90 Å². The molecule has 0 saturated heterocycles. The summed E-state index contributed by atoms with van der Waals surface area (Å²) in [7, 11) is 0. The van der Waals surface area contributed by atoms with Crippen molar-refractivity contribution < 1.29 is 9.18 Å². The molecule has 0 atom stereocenters. The second-order valence-electron chi connectivity index (χ2n) is 5.72. The highest BCUT2D eigenvalue weighted by Gasteiger charge is 2.29. The number of hydrogen-bond donors (Lipinski definition) is 0. The van der Waals surface area contributed by atoms with Gasteiger partial charge in [0.2, 0.25) is 5.91 Å². The first-order valence-electron chi connectivity index (χ1n) is 7.74. The van der Waals surface area contributed by atoms with Crippen molar-refractivity contribution in [3.05, 3.63) is 35.6 Å². The minimum Gasteiger partial charge on any atom is -0.338 e. The molecule has 0 radical (unpaired) electrons. The number of unbranched alkanes of at least 4 members (excludes halogenated alkanes) is 2. The van der Waals surface area contributed by atoms with Gasteiger partial charge in [0.15, 0.2) is 0 Å². The second-order valence-corrected chi connectivity index (χ2v) is 5.72. The average Bonchev–Trinajstić information content (AvgIpc) is 2.38. The molecule has 0 aromatic heterocycles. The van der Waals surface area contributed by atoms with E-state index in [-0.39, 0.29) is 17.6 Å². The summed E-state index contributed by atoms with van der Waals surface area (Å²) in [6.07, 6.45) is 6.60. The van der Waals surface area contributed by atoms with Gasteiger partial charge in [-0.3, -0.25) is 4.79 Å². The molecule has 1 fully saturated rings. The zero-order chi connectivity index (χ0) is 14.4. The van der Waals surface area contributed by atoms with E-state index in [1.165, 1.54) is 18.6 Å². The molecule has 0 heterocycles. The first kappa shape index (κ1) is 15.0. The lowest BCUT2D eigenvalue weighted by atomic mass is 9.84. The minimum atomic E-state index is -0.225. The zero-order valence-electron chi connectivity index (χ0n) is 12.3. The van der Waals surface area contributed by atoms with Crippen molar-refractivity contribution >= 4 is 5.91 Å². The van der Waals surface area contributed by atoms with Crippen molar-refractivity contribution in [3.8, 4) is 0 Å². The minimum absolute atomic E-state index is 0.225. The molecular weight excluding hydrogens is 253 g/mol. The fraction of sp³-hybridized carbons (Fsp3) is 0.588. The molecule has 20 heavy (non-hydrogen) atoms. The van der Waals surface area contributed by atoms with E-state index >= 15 is 0 Å². The lowest BCUT2D eigenvalue weighted by Gasteiger charge is -2.32. The molecule has 1 aromatic carbocycles. The Morgan fingerprint density at radius 3 is 2.50 bits per heavy atom. The number of halogens is 1. The Kier molecular flexibility index (Phi) is 5.57. The van der Waals surface area contributed by atoms with Crippen molar-refractivity contribution in [2.75, 3.05) is 6.54 Å². The molecule has 3 heteroatoms. The predicted molar refractivity (Wildman–Crippen MR) is 78.7 cm³/mol. The van der Waals surface area contributed by atoms with E-state index < -0.39 is 0 Å². The monoisotopic (exact) mass is 277 g/mol. The summed E-state index contributed by atoms with van der Waals surface area (Å²) in [6, 6.07) is 6.48. The van der Waals surface area contributed by atoms with Gasteiger partial charge in [0, 0.05) is 19.0 Å². The third kappa shape index (κ3) is 4.06. The summed E-state index contributed by atoms with van der Waals surface area (Å²) in [5.74, 6) is 0.297. The highest BCUT2D eigenvalue weighted by atomic mass is 19.1. The Bertz CT molecular complexity index is 425.